The van der Waals surface area contributed by atoms with Gasteiger partial charge in [0, 0.05) is 12.2 Å². The molecule has 0 spiro atoms. The van der Waals surface area contributed by atoms with Crippen molar-refractivity contribution in [2.24, 2.45) is 0 Å². The van der Waals surface area contributed by atoms with Crippen molar-refractivity contribution in [1.29, 1.82) is 0 Å². The van der Waals surface area contributed by atoms with Crippen molar-refractivity contribution < 1.29 is 12.8 Å². The van der Waals surface area contributed by atoms with Crippen molar-refractivity contribution >= 4 is 15.7 Å². The van der Waals surface area contributed by atoms with E-state index in [4.69, 9.17) is 4.42 Å². The molecule has 0 aliphatic carbocycles. The fourth-order valence-electron chi connectivity index (χ4n) is 1.67. The maximum absolute atomic E-state index is 12.3. The number of anilines is 1. The zero-order chi connectivity index (χ0) is 15.5. The van der Waals surface area contributed by atoms with Crippen LogP contribution in [-0.2, 0) is 16.6 Å². The van der Waals surface area contributed by atoms with E-state index in [1.807, 2.05) is 13.8 Å². The van der Waals surface area contributed by atoms with E-state index in [1.54, 1.807) is 25.3 Å². The molecule has 0 bridgehead atoms. The molecule has 0 amide bonds. The third-order valence-electron chi connectivity index (χ3n) is 2.87. The lowest BCUT2D eigenvalue weighted by Gasteiger charge is -2.08. The summed E-state index contributed by atoms with van der Waals surface area (Å²) in [5.74, 6) is 0.576. The highest BCUT2D eigenvalue weighted by atomic mass is 32.2. The van der Waals surface area contributed by atoms with E-state index < -0.39 is 10.0 Å². The van der Waals surface area contributed by atoms with E-state index in [-0.39, 0.29) is 5.09 Å². The van der Waals surface area contributed by atoms with Crippen LogP contribution in [0.4, 0.5) is 5.69 Å². The van der Waals surface area contributed by atoms with Gasteiger partial charge in [0.15, 0.2) is 0 Å². The SMILES string of the molecule is Cc1ccncc1NS(=O)(=O)c1ccc(CNC(C)C)o1. The van der Waals surface area contributed by atoms with Gasteiger partial charge in [-0.3, -0.25) is 9.71 Å². The Hall–Kier alpha value is -1.86. The standard InChI is InChI=1S/C14H19N3O3S/c1-10(2)16-8-12-4-5-14(20-12)21(18,19)17-13-9-15-7-6-11(13)3/h4-7,9-10,16-17H,8H2,1-3H3. The predicted octanol–water partition coefficient (Wildman–Crippen LogP) is 2.28. The molecule has 0 saturated carbocycles. The molecule has 21 heavy (non-hydrogen) atoms. The van der Waals surface area contributed by atoms with E-state index >= 15 is 0 Å². The maximum Gasteiger partial charge on any atom is 0.295 e. The van der Waals surface area contributed by atoms with Gasteiger partial charge in [0.1, 0.15) is 5.76 Å². The quantitative estimate of drug-likeness (QED) is 0.855. The highest BCUT2D eigenvalue weighted by molar-refractivity contribution is 7.92. The number of pyridine rings is 1. The fourth-order valence-corrected chi connectivity index (χ4v) is 2.74. The van der Waals surface area contributed by atoms with E-state index in [9.17, 15) is 8.42 Å². The second kappa shape index (κ2) is 6.28. The predicted molar refractivity (Wildman–Crippen MR) is 80.5 cm³/mol. The summed E-state index contributed by atoms with van der Waals surface area (Å²) in [5.41, 5.74) is 1.23. The van der Waals surface area contributed by atoms with Crippen LogP contribution in [0.5, 0.6) is 0 Å². The van der Waals surface area contributed by atoms with E-state index in [0.717, 1.165) is 5.56 Å². The summed E-state index contributed by atoms with van der Waals surface area (Å²) in [5, 5.41) is 3.06. The van der Waals surface area contributed by atoms with Gasteiger partial charge in [-0.15, -0.1) is 0 Å². The molecule has 0 atom stereocenters. The van der Waals surface area contributed by atoms with Crippen LogP contribution in [0, 0.1) is 6.92 Å². The van der Waals surface area contributed by atoms with Crippen molar-refractivity contribution in [1.82, 2.24) is 10.3 Å². The number of aryl methyl sites for hydroxylation is 1. The molecular weight excluding hydrogens is 290 g/mol. The Bertz CT molecular complexity index is 708. The number of nitrogens with zero attached hydrogens (tertiary/aromatic N) is 1. The number of rotatable bonds is 6. The van der Waals surface area contributed by atoms with E-state index in [2.05, 4.69) is 15.0 Å². The lowest BCUT2D eigenvalue weighted by Crippen LogP contribution is -2.21. The van der Waals surface area contributed by atoms with Crippen molar-refractivity contribution in [3.8, 4) is 0 Å². The van der Waals surface area contributed by atoms with Gasteiger partial charge in [0.2, 0.25) is 5.09 Å². The summed E-state index contributed by atoms with van der Waals surface area (Å²) in [6.07, 6.45) is 3.08. The van der Waals surface area contributed by atoms with Gasteiger partial charge in [-0.05, 0) is 30.7 Å². The molecule has 0 aliphatic heterocycles. The molecule has 6 nitrogen and oxygen atoms in total. The fraction of sp³-hybridized carbons (Fsp3) is 0.357. The van der Waals surface area contributed by atoms with Gasteiger partial charge >= 0.3 is 0 Å². The number of hydrogen-bond donors (Lipinski definition) is 2. The second-order valence-electron chi connectivity index (χ2n) is 5.05. The highest BCUT2D eigenvalue weighted by Gasteiger charge is 2.19. The Kier molecular flexibility index (Phi) is 4.64. The molecule has 2 aromatic rings. The summed E-state index contributed by atoms with van der Waals surface area (Å²) in [4.78, 5) is 3.91. The summed E-state index contributed by atoms with van der Waals surface area (Å²) in [6.45, 7) is 6.30. The topological polar surface area (TPSA) is 84.2 Å². The van der Waals surface area contributed by atoms with Crippen molar-refractivity contribution in [3.63, 3.8) is 0 Å². The van der Waals surface area contributed by atoms with Crippen LogP contribution in [0.25, 0.3) is 0 Å². The van der Waals surface area contributed by atoms with Crippen LogP contribution in [0.2, 0.25) is 0 Å². The van der Waals surface area contributed by atoms with Crippen molar-refractivity contribution in [2.75, 3.05) is 4.72 Å². The summed E-state index contributed by atoms with van der Waals surface area (Å²) in [7, 11) is -3.74. The minimum atomic E-state index is -3.74. The average Bonchev–Trinajstić information content (AvgIpc) is 2.88. The van der Waals surface area contributed by atoms with Gasteiger partial charge in [0.05, 0.1) is 18.4 Å². The van der Waals surface area contributed by atoms with E-state index in [1.165, 1.54) is 12.3 Å². The van der Waals surface area contributed by atoms with Crippen LogP contribution in [0.3, 0.4) is 0 Å². The molecule has 0 fully saturated rings. The smallest absolute Gasteiger partial charge is 0.295 e. The van der Waals surface area contributed by atoms with Crippen molar-refractivity contribution in [3.05, 3.63) is 41.9 Å². The Morgan fingerprint density at radius 2 is 2.05 bits per heavy atom. The maximum atomic E-state index is 12.3. The van der Waals surface area contributed by atoms with Crippen LogP contribution in [0.15, 0.2) is 40.1 Å². The van der Waals surface area contributed by atoms with Crippen LogP contribution < -0.4 is 10.0 Å². The molecule has 114 valence electrons. The zero-order valence-electron chi connectivity index (χ0n) is 12.3. The molecule has 0 saturated heterocycles. The summed E-state index contributed by atoms with van der Waals surface area (Å²) in [6, 6.07) is 5.13. The molecule has 2 aromatic heterocycles. The molecule has 2 N–H and O–H groups in total. The first-order valence-electron chi connectivity index (χ1n) is 6.64. The Balaban J connectivity index is 2.15. The minimum Gasteiger partial charge on any atom is -0.446 e. The first-order chi connectivity index (χ1) is 9.88. The number of nitrogens with one attached hydrogen (secondary N) is 2. The highest BCUT2D eigenvalue weighted by Crippen LogP contribution is 2.20. The van der Waals surface area contributed by atoms with Crippen LogP contribution in [0.1, 0.15) is 25.2 Å². The summed E-state index contributed by atoms with van der Waals surface area (Å²) < 4.78 is 32.4. The first kappa shape index (κ1) is 15.5. The molecule has 2 heterocycles. The first-order valence-corrected chi connectivity index (χ1v) is 8.12. The van der Waals surface area contributed by atoms with Gasteiger partial charge in [-0.25, -0.2) is 0 Å². The largest absolute Gasteiger partial charge is 0.446 e. The lowest BCUT2D eigenvalue weighted by atomic mass is 10.3. The normalized spacial score (nSPS) is 11.8. The third kappa shape index (κ3) is 4.05. The Morgan fingerprint density at radius 1 is 1.29 bits per heavy atom. The molecule has 7 heteroatoms. The van der Waals surface area contributed by atoms with Gasteiger partial charge < -0.3 is 9.73 Å². The molecule has 0 aliphatic rings. The molecular formula is C14H19N3O3S. The van der Waals surface area contributed by atoms with Crippen molar-refractivity contribution in [2.45, 2.75) is 38.5 Å². The summed E-state index contributed by atoms with van der Waals surface area (Å²) >= 11 is 0. The monoisotopic (exact) mass is 309 g/mol. The number of aromatic nitrogens is 1. The Morgan fingerprint density at radius 3 is 2.71 bits per heavy atom. The van der Waals surface area contributed by atoms with Crippen LogP contribution in [-0.4, -0.2) is 19.4 Å². The number of sulfonamides is 1. The van der Waals surface area contributed by atoms with Gasteiger partial charge in [-0.1, -0.05) is 13.8 Å². The molecule has 0 radical (unpaired) electrons. The Labute approximate surface area is 124 Å². The molecule has 0 unspecified atom stereocenters. The number of hydrogen-bond acceptors (Lipinski definition) is 5. The molecule has 2 rings (SSSR count). The van der Waals surface area contributed by atoms with Gasteiger partial charge in [0.25, 0.3) is 10.0 Å². The van der Waals surface area contributed by atoms with Gasteiger partial charge in [-0.2, -0.15) is 8.42 Å². The van der Waals surface area contributed by atoms with E-state index in [0.29, 0.717) is 24.0 Å². The second-order valence-corrected chi connectivity index (χ2v) is 6.67. The third-order valence-corrected chi connectivity index (χ3v) is 4.11. The average molecular weight is 309 g/mol. The lowest BCUT2D eigenvalue weighted by molar-refractivity contribution is 0.396. The molecule has 0 aromatic carbocycles. The minimum absolute atomic E-state index is 0.105. The zero-order valence-corrected chi connectivity index (χ0v) is 13.1. The van der Waals surface area contributed by atoms with Crippen LogP contribution >= 0.6 is 0 Å². The number of furan rings is 1.